The summed E-state index contributed by atoms with van der Waals surface area (Å²) in [6, 6.07) is 6.15. The Bertz CT molecular complexity index is 284. The summed E-state index contributed by atoms with van der Waals surface area (Å²) in [5.74, 6) is 0.840. The van der Waals surface area contributed by atoms with Gasteiger partial charge in [-0.15, -0.1) is 0 Å². The highest BCUT2D eigenvalue weighted by Crippen LogP contribution is 2.31. The number of hydrogen-bond donors (Lipinski definition) is 2. The molecule has 0 saturated carbocycles. The van der Waals surface area contributed by atoms with Crippen LogP contribution in [0.4, 0.5) is 5.69 Å². The van der Waals surface area contributed by atoms with Crippen molar-refractivity contribution in [3.8, 4) is 0 Å². The van der Waals surface area contributed by atoms with Crippen LogP contribution in [0.25, 0.3) is 0 Å². The number of para-hydroxylation sites is 1. The molecule has 0 radical (unpaired) electrons. The van der Waals surface area contributed by atoms with Gasteiger partial charge in [-0.3, -0.25) is 10.7 Å². The van der Waals surface area contributed by atoms with Crippen molar-refractivity contribution < 1.29 is 6.63 Å². The van der Waals surface area contributed by atoms with Crippen LogP contribution in [-0.4, -0.2) is 5.21 Å². The van der Waals surface area contributed by atoms with Gasteiger partial charge in [0.1, 0.15) is 0 Å². The van der Waals surface area contributed by atoms with Crippen molar-refractivity contribution in [2.24, 2.45) is 0 Å². The first-order chi connectivity index (χ1) is 6.57. The standard InChI is InChI=1S/C12H19NO.H2/c1-8(2)10-6-5-7-11(9(3)4)12(10)13-14;/h5-9,13-14H,1-4H3;1H. The van der Waals surface area contributed by atoms with Crippen LogP contribution in [0.3, 0.4) is 0 Å². The molecule has 0 aliphatic heterocycles. The molecule has 14 heavy (non-hydrogen) atoms. The zero-order chi connectivity index (χ0) is 10.7. The number of hydrogen-bond acceptors (Lipinski definition) is 2. The summed E-state index contributed by atoms with van der Waals surface area (Å²) in [5.41, 5.74) is 5.53. The molecule has 2 heteroatoms. The second-order valence-corrected chi connectivity index (χ2v) is 4.23. The highest BCUT2D eigenvalue weighted by Gasteiger charge is 2.12. The summed E-state index contributed by atoms with van der Waals surface area (Å²) in [6.45, 7) is 8.50. The van der Waals surface area contributed by atoms with Crippen molar-refractivity contribution >= 4 is 5.69 Å². The Morgan fingerprint density at radius 3 is 1.79 bits per heavy atom. The molecule has 1 rings (SSSR count). The van der Waals surface area contributed by atoms with Crippen LogP contribution >= 0.6 is 0 Å². The molecule has 0 heterocycles. The van der Waals surface area contributed by atoms with E-state index in [0.29, 0.717) is 11.8 Å². The molecular formula is C12H21NO. The Balaban J connectivity index is 0.00000196. The molecule has 0 atom stereocenters. The van der Waals surface area contributed by atoms with E-state index in [0.717, 1.165) is 5.69 Å². The number of rotatable bonds is 3. The van der Waals surface area contributed by atoms with Crippen LogP contribution in [0.1, 0.15) is 52.1 Å². The molecule has 2 N–H and O–H groups in total. The van der Waals surface area contributed by atoms with E-state index in [4.69, 9.17) is 5.21 Å². The molecule has 0 saturated heterocycles. The molecule has 0 bridgehead atoms. The Hall–Kier alpha value is -1.02. The van der Waals surface area contributed by atoms with Crippen LogP contribution in [0.15, 0.2) is 18.2 Å². The molecule has 0 aliphatic rings. The fourth-order valence-electron chi connectivity index (χ4n) is 1.68. The van der Waals surface area contributed by atoms with E-state index in [2.05, 4.69) is 45.3 Å². The predicted octanol–water partition coefficient (Wildman–Crippen LogP) is 3.98. The minimum atomic E-state index is 0. The van der Waals surface area contributed by atoms with Gasteiger partial charge in [-0.25, -0.2) is 0 Å². The zero-order valence-electron chi connectivity index (χ0n) is 9.33. The van der Waals surface area contributed by atoms with Gasteiger partial charge in [-0.2, -0.15) is 0 Å². The third-order valence-electron chi connectivity index (χ3n) is 2.48. The van der Waals surface area contributed by atoms with Crippen LogP contribution < -0.4 is 5.48 Å². The van der Waals surface area contributed by atoms with Gasteiger partial charge in [0.15, 0.2) is 0 Å². The fourth-order valence-corrected chi connectivity index (χ4v) is 1.68. The molecular weight excluding hydrogens is 174 g/mol. The van der Waals surface area contributed by atoms with Gasteiger partial charge < -0.3 is 0 Å². The monoisotopic (exact) mass is 195 g/mol. The maximum Gasteiger partial charge on any atom is 0.0671 e. The number of benzene rings is 1. The summed E-state index contributed by atoms with van der Waals surface area (Å²) in [4.78, 5) is 0. The second-order valence-electron chi connectivity index (χ2n) is 4.23. The van der Waals surface area contributed by atoms with Gasteiger partial charge in [-0.1, -0.05) is 45.9 Å². The summed E-state index contributed by atoms with van der Waals surface area (Å²) in [5, 5.41) is 9.15. The SMILES string of the molecule is CC(C)c1cccc(C(C)C)c1NO.[HH]. The Labute approximate surface area is 87.4 Å². The highest BCUT2D eigenvalue weighted by atomic mass is 16.5. The van der Waals surface area contributed by atoms with Crippen molar-refractivity contribution in [2.45, 2.75) is 39.5 Å². The Morgan fingerprint density at radius 2 is 1.50 bits per heavy atom. The van der Waals surface area contributed by atoms with Gasteiger partial charge in [0.05, 0.1) is 5.69 Å². The lowest BCUT2D eigenvalue weighted by atomic mass is 9.93. The lowest BCUT2D eigenvalue weighted by molar-refractivity contribution is 0.386. The predicted molar refractivity (Wildman–Crippen MR) is 62.1 cm³/mol. The van der Waals surface area contributed by atoms with Crippen LogP contribution in [-0.2, 0) is 0 Å². The molecule has 80 valence electrons. The molecule has 2 nitrogen and oxygen atoms in total. The van der Waals surface area contributed by atoms with Crippen molar-refractivity contribution in [1.29, 1.82) is 0 Å². The smallest absolute Gasteiger partial charge is 0.0671 e. The second kappa shape index (κ2) is 4.47. The summed E-state index contributed by atoms with van der Waals surface area (Å²) in [7, 11) is 0. The lowest BCUT2D eigenvalue weighted by Crippen LogP contribution is -2.03. The maximum absolute atomic E-state index is 9.15. The third kappa shape index (κ3) is 2.07. The fraction of sp³-hybridized carbons (Fsp3) is 0.500. The summed E-state index contributed by atoms with van der Waals surface area (Å²) < 4.78 is 0. The Morgan fingerprint density at radius 1 is 1.07 bits per heavy atom. The van der Waals surface area contributed by atoms with Gasteiger partial charge in [0.25, 0.3) is 0 Å². The molecule has 0 fully saturated rings. The minimum absolute atomic E-state index is 0. The highest BCUT2D eigenvalue weighted by molar-refractivity contribution is 5.58. The van der Waals surface area contributed by atoms with Crippen molar-refractivity contribution in [3.05, 3.63) is 29.3 Å². The van der Waals surface area contributed by atoms with E-state index in [9.17, 15) is 0 Å². The first-order valence-electron chi connectivity index (χ1n) is 5.10. The van der Waals surface area contributed by atoms with E-state index < -0.39 is 0 Å². The van der Waals surface area contributed by atoms with Crippen LogP contribution in [0.5, 0.6) is 0 Å². The molecule has 1 aromatic rings. The zero-order valence-corrected chi connectivity index (χ0v) is 9.33. The number of nitrogens with one attached hydrogen (secondary N) is 1. The Kier molecular flexibility index (Phi) is 3.53. The van der Waals surface area contributed by atoms with Crippen LogP contribution in [0, 0.1) is 0 Å². The molecule has 0 amide bonds. The maximum atomic E-state index is 9.15. The molecule has 0 spiro atoms. The van der Waals surface area contributed by atoms with E-state index in [-0.39, 0.29) is 1.43 Å². The first kappa shape index (κ1) is 11.1. The molecule has 0 aliphatic carbocycles. The topological polar surface area (TPSA) is 32.3 Å². The van der Waals surface area contributed by atoms with Crippen molar-refractivity contribution in [3.63, 3.8) is 0 Å². The first-order valence-corrected chi connectivity index (χ1v) is 5.10. The van der Waals surface area contributed by atoms with Crippen LogP contribution in [0.2, 0.25) is 0 Å². The van der Waals surface area contributed by atoms with E-state index in [1.54, 1.807) is 0 Å². The average Bonchev–Trinajstić information content (AvgIpc) is 2.16. The van der Waals surface area contributed by atoms with E-state index in [1.807, 2.05) is 6.07 Å². The summed E-state index contributed by atoms with van der Waals surface area (Å²) in [6.07, 6.45) is 0. The van der Waals surface area contributed by atoms with Gasteiger partial charge in [0, 0.05) is 1.43 Å². The largest absolute Gasteiger partial charge is 0.291 e. The van der Waals surface area contributed by atoms with Gasteiger partial charge >= 0.3 is 0 Å². The number of anilines is 1. The molecule has 0 unspecified atom stereocenters. The summed E-state index contributed by atoms with van der Waals surface area (Å²) >= 11 is 0. The molecule has 1 aromatic carbocycles. The third-order valence-corrected chi connectivity index (χ3v) is 2.48. The van der Waals surface area contributed by atoms with E-state index in [1.165, 1.54) is 11.1 Å². The normalized spacial score (nSPS) is 11.1. The van der Waals surface area contributed by atoms with Crippen molar-refractivity contribution in [2.75, 3.05) is 5.48 Å². The lowest BCUT2D eigenvalue weighted by Gasteiger charge is -2.17. The van der Waals surface area contributed by atoms with Crippen molar-refractivity contribution in [1.82, 2.24) is 0 Å². The quantitative estimate of drug-likeness (QED) is 0.715. The van der Waals surface area contributed by atoms with Gasteiger partial charge in [-0.05, 0) is 23.0 Å². The average molecular weight is 195 g/mol. The minimum Gasteiger partial charge on any atom is -0.291 e. The van der Waals surface area contributed by atoms with Gasteiger partial charge in [0.2, 0.25) is 0 Å². The van der Waals surface area contributed by atoms with E-state index >= 15 is 0 Å². The molecule has 0 aromatic heterocycles.